The first-order chi connectivity index (χ1) is 4.70. The van der Waals surface area contributed by atoms with Crippen LogP contribution in [0.15, 0.2) is 0 Å². The van der Waals surface area contributed by atoms with Crippen molar-refractivity contribution >= 4 is 0 Å². The highest BCUT2D eigenvalue weighted by Gasteiger charge is 2.10. The number of hydrogen-bond donors (Lipinski definition) is 1. The highest BCUT2D eigenvalue weighted by Crippen LogP contribution is 1.90. The summed E-state index contributed by atoms with van der Waals surface area (Å²) < 4.78 is 4.51. The normalized spacial score (nSPS) is 12.6. The minimum Gasteiger partial charge on any atom is -0.394 e. The summed E-state index contributed by atoms with van der Waals surface area (Å²) in [5, 5.41) is 17.1. The van der Waals surface area contributed by atoms with E-state index in [1.54, 1.807) is 0 Å². The molecule has 6 nitrogen and oxygen atoms in total. The summed E-state index contributed by atoms with van der Waals surface area (Å²) in [5.41, 5.74) is 0. The van der Waals surface area contributed by atoms with Crippen LogP contribution in [0.1, 0.15) is 0 Å². The highest BCUT2D eigenvalue weighted by molar-refractivity contribution is 4.48. The van der Waals surface area contributed by atoms with Gasteiger partial charge >= 0.3 is 0 Å². The van der Waals surface area contributed by atoms with Gasteiger partial charge in [0.2, 0.25) is 0 Å². The molecule has 0 aliphatic heterocycles. The van der Waals surface area contributed by atoms with Crippen LogP contribution in [0.2, 0.25) is 0 Å². The van der Waals surface area contributed by atoms with Crippen molar-refractivity contribution in [2.24, 2.45) is 0 Å². The number of hydrogen-bond acceptors (Lipinski definition) is 5. The highest BCUT2D eigenvalue weighted by atomic mass is 17.0. The smallest absolute Gasteiger partial charge is 0.294 e. The molecule has 0 amide bonds. The molecule has 0 aliphatic carbocycles. The maximum absolute atomic E-state index is 9.66. The lowest BCUT2D eigenvalue weighted by Gasteiger charge is -2.08. The van der Waals surface area contributed by atoms with Crippen LogP contribution >= 0.6 is 0 Å². The van der Waals surface area contributed by atoms with E-state index in [4.69, 9.17) is 5.11 Å². The minimum atomic E-state index is -0.958. The largest absolute Gasteiger partial charge is 0.394 e. The van der Waals surface area contributed by atoms with Gasteiger partial charge in [0, 0.05) is 7.11 Å². The zero-order valence-electron chi connectivity index (χ0n) is 5.52. The molecule has 0 saturated heterocycles. The van der Waals surface area contributed by atoms with Crippen molar-refractivity contribution in [2.75, 3.05) is 20.3 Å². The van der Waals surface area contributed by atoms with Gasteiger partial charge in [0.25, 0.3) is 5.09 Å². The summed E-state index contributed by atoms with van der Waals surface area (Å²) in [6.45, 7) is -0.410. The molecule has 0 saturated carbocycles. The Morgan fingerprint density at radius 3 is 2.70 bits per heavy atom. The van der Waals surface area contributed by atoms with Crippen LogP contribution in [0.4, 0.5) is 0 Å². The van der Waals surface area contributed by atoms with E-state index < -0.39 is 17.8 Å². The summed E-state index contributed by atoms with van der Waals surface area (Å²) in [7, 11) is 1.37. The Bertz CT molecular complexity index is 106. The molecule has 0 radical (unpaired) electrons. The van der Waals surface area contributed by atoms with Crippen molar-refractivity contribution in [3.63, 3.8) is 0 Å². The fourth-order valence-corrected chi connectivity index (χ4v) is 0.424. The first-order valence-corrected chi connectivity index (χ1v) is 2.61. The van der Waals surface area contributed by atoms with Gasteiger partial charge in [0.1, 0.15) is 0 Å². The quantitative estimate of drug-likeness (QED) is 0.411. The van der Waals surface area contributed by atoms with Crippen LogP contribution in [0.5, 0.6) is 0 Å². The summed E-state index contributed by atoms with van der Waals surface area (Å²) in [4.78, 5) is 13.6. The van der Waals surface area contributed by atoms with Crippen LogP contribution < -0.4 is 0 Å². The lowest BCUT2D eigenvalue weighted by molar-refractivity contribution is -0.769. The number of nitrogens with zero attached hydrogens (tertiary/aromatic N) is 1. The van der Waals surface area contributed by atoms with Crippen LogP contribution in [0.25, 0.3) is 0 Å². The van der Waals surface area contributed by atoms with Crippen molar-refractivity contribution in [3.05, 3.63) is 10.1 Å². The van der Waals surface area contributed by atoms with Crippen molar-refractivity contribution < 1.29 is 19.8 Å². The van der Waals surface area contributed by atoms with Gasteiger partial charge in [0.15, 0.2) is 6.10 Å². The first-order valence-electron chi connectivity index (χ1n) is 2.61. The second kappa shape index (κ2) is 4.95. The number of ether oxygens (including phenoxy) is 1. The number of aliphatic hydroxyl groups is 1. The maximum atomic E-state index is 9.66. The summed E-state index contributed by atoms with van der Waals surface area (Å²) >= 11 is 0. The molecular formula is C4H9NO5. The Morgan fingerprint density at radius 2 is 2.40 bits per heavy atom. The molecule has 0 fully saturated rings. The first kappa shape index (κ1) is 9.12. The zero-order chi connectivity index (χ0) is 7.98. The van der Waals surface area contributed by atoms with Gasteiger partial charge in [-0.25, -0.2) is 0 Å². The van der Waals surface area contributed by atoms with Gasteiger partial charge < -0.3 is 14.7 Å². The molecule has 0 spiro atoms. The average Bonchev–Trinajstić information content (AvgIpc) is 1.86. The van der Waals surface area contributed by atoms with Crippen LogP contribution in [0.3, 0.4) is 0 Å². The second-order valence-corrected chi connectivity index (χ2v) is 1.59. The Kier molecular flexibility index (Phi) is 4.51. The molecule has 1 atom stereocenters. The Balaban J connectivity index is 3.49. The van der Waals surface area contributed by atoms with Gasteiger partial charge in [-0.3, -0.25) is 0 Å². The van der Waals surface area contributed by atoms with Crippen LogP contribution in [-0.2, 0) is 9.57 Å². The lowest BCUT2D eigenvalue weighted by Crippen LogP contribution is -2.25. The number of rotatable bonds is 5. The fraction of sp³-hybridized carbons (Fsp3) is 1.00. The molecule has 0 aliphatic rings. The molecule has 0 heterocycles. The van der Waals surface area contributed by atoms with Crippen molar-refractivity contribution in [2.45, 2.75) is 6.10 Å². The Morgan fingerprint density at radius 1 is 1.80 bits per heavy atom. The molecule has 0 aromatic carbocycles. The molecule has 60 valence electrons. The fourth-order valence-electron chi connectivity index (χ4n) is 0.424. The van der Waals surface area contributed by atoms with Gasteiger partial charge in [-0.05, 0) is 0 Å². The molecule has 10 heavy (non-hydrogen) atoms. The van der Waals surface area contributed by atoms with Gasteiger partial charge in [-0.1, -0.05) is 0 Å². The van der Waals surface area contributed by atoms with Gasteiger partial charge in [-0.15, -0.1) is 10.1 Å². The monoisotopic (exact) mass is 151 g/mol. The molecule has 1 unspecified atom stereocenters. The van der Waals surface area contributed by atoms with Crippen molar-refractivity contribution in [1.29, 1.82) is 0 Å². The Labute approximate surface area is 57.5 Å². The van der Waals surface area contributed by atoms with E-state index in [0.717, 1.165) is 0 Å². The SMILES string of the molecule is COCC(CO)O[N+](=O)[O-]. The minimum absolute atomic E-state index is 0.0114. The van der Waals surface area contributed by atoms with E-state index in [0.29, 0.717) is 0 Å². The van der Waals surface area contributed by atoms with Crippen molar-refractivity contribution in [1.82, 2.24) is 0 Å². The van der Waals surface area contributed by atoms with E-state index in [-0.39, 0.29) is 6.61 Å². The molecule has 1 N–H and O–H groups in total. The van der Waals surface area contributed by atoms with Crippen molar-refractivity contribution in [3.8, 4) is 0 Å². The van der Waals surface area contributed by atoms with E-state index in [2.05, 4.69) is 9.57 Å². The van der Waals surface area contributed by atoms with Crippen LogP contribution in [-0.4, -0.2) is 36.6 Å². The zero-order valence-corrected chi connectivity index (χ0v) is 5.52. The predicted molar refractivity (Wildman–Crippen MR) is 30.8 cm³/mol. The lowest BCUT2D eigenvalue weighted by atomic mass is 10.4. The molecule has 0 aromatic heterocycles. The van der Waals surface area contributed by atoms with E-state index >= 15 is 0 Å². The third kappa shape index (κ3) is 4.04. The van der Waals surface area contributed by atoms with E-state index in [1.807, 2.05) is 0 Å². The second-order valence-electron chi connectivity index (χ2n) is 1.59. The molecular weight excluding hydrogens is 142 g/mol. The summed E-state index contributed by atoms with van der Waals surface area (Å²) in [6.07, 6.45) is -0.875. The molecule has 0 rings (SSSR count). The number of aliphatic hydroxyl groups excluding tert-OH is 1. The average molecular weight is 151 g/mol. The molecule has 6 heteroatoms. The maximum Gasteiger partial charge on any atom is 0.294 e. The van der Waals surface area contributed by atoms with Crippen LogP contribution in [0, 0.1) is 10.1 Å². The third-order valence-electron chi connectivity index (χ3n) is 0.791. The Hall–Kier alpha value is -0.880. The van der Waals surface area contributed by atoms with Gasteiger partial charge in [-0.2, -0.15) is 0 Å². The topological polar surface area (TPSA) is 81.8 Å². The summed E-state index contributed by atoms with van der Waals surface area (Å²) in [5.74, 6) is 0. The molecule has 0 bridgehead atoms. The van der Waals surface area contributed by atoms with E-state index in [1.165, 1.54) is 7.11 Å². The summed E-state index contributed by atoms with van der Waals surface area (Å²) in [6, 6.07) is 0. The third-order valence-corrected chi connectivity index (χ3v) is 0.791. The number of methoxy groups -OCH3 is 1. The predicted octanol–water partition coefficient (Wildman–Crippen LogP) is -0.798. The van der Waals surface area contributed by atoms with E-state index in [9.17, 15) is 10.1 Å². The standard InChI is InChI=1S/C4H9NO5/c1-9-3-4(2-6)10-5(7)8/h4,6H,2-3H2,1H3. The molecule has 0 aromatic rings. The van der Waals surface area contributed by atoms with Gasteiger partial charge in [0.05, 0.1) is 13.2 Å².